The number of carbonyl (C=O) groups excluding carboxylic acids is 1. The molecular formula is C10H10N2O. The normalized spacial score (nSPS) is 10.6. The highest BCUT2D eigenvalue weighted by molar-refractivity contribution is 5.98. The van der Waals surface area contributed by atoms with E-state index in [1.807, 2.05) is 19.9 Å². The Labute approximate surface area is 75.8 Å². The molecule has 1 aromatic heterocycles. The number of hydrogen-bond acceptors (Lipinski definition) is 2. The molecule has 0 unspecified atom stereocenters. The predicted octanol–water partition coefficient (Wildman–Crippen LogP) is 1.99. The highest BCUT2D eigenvalue weighted by Gasteiger charge is 2.07. The van der Waals surface area contributed by atoms with E-state index in [-0.39, 0.29) is 0 Å². The van der Waals surface area contributed by atoms with E-state index in [2.05, 4.69) is 10.2 Å². The summed E-state index contributed by atoms with van der Waals surface area (Å²) >= 11 is 0. The lowest BCUT2D eigenvalue weighted by Crippen LogP contribution is -1.84. The van der Waals surface area contributed by atoms with Gasteiger partial charge in [0.15, 0.2) is 6.29 Å². The molecule has 3 nitrogen and oxygen atoms in total. The average molecular weight is 174 g/mol. The minimum Gasteiger partial charge on any atom is -0.298 e. The van der Waals surface area contributed by atoms with E-state index >= 15 is 0 Å². The number of nitrogens with zero attached hydrogens (tertiary/aromatic N) is 1. The second kappa shape index (κ2) is 2.69. The molecule has 0 aliphatic carbocycles. The van der Waals surface area contributed by atoms with Gasteiger partial charge in [-0.3, -0.25) is 9.89 Å². The second-order valence-corrected chi connectivity index (χ2v) is 3.16. The zero-order valence-electron chi connectivity index (χ0n) is 7.59. The van der Waals surface area contributed by atoms with Crippen molar-refractivity contribution in [3.63, 3.8) is 0 Å². The number of aldehydes is 1. The first-order valence-electron chi connectivity index (χ1n) is 4.13. The molecule has 1 aromatic carbocycles. The zero-order chi connectivity index (χ0) is 9.42. The molecule has 1 heterocycles. The third-order valence-corrected chi connectivity index (χ3v) is 2.25. The van der Waals surface area contributed by atoms with Crippen LogP contribution in [-0.2, 0) is 0 Å². The van der Waals surface area contributed by atoms with E-state index < -0.39 is 0 Å². The summed E-state index contributed by atoms with van der Waals surface area (Å²) in [5.74, 6) is 0. The summed E-state index contributed by atoms with van der Waals surface area (Å²) in [6.45, 7) is 3.97. The number of H-pyrrole nitrogens is 1. The van der Waals surface area contributed by atoms with E-state index in [0.717, 1.165) is 28.4 Å². The quantitative estimate of drug-likeness (QED) is 0.672. The molecule has 13 heavy (non-hydrogen) atoms. The lowest BCUT2D eigenvalue weighted by atomic mass is 10.1. The Kier molecular flexibility index (Phi) is 1.65. The van der Waals surface area contributed by atoms with Crippen LogP contribution in [0.3, 0.4) is 0 Å². The maximum Gasteiger partial charge on any atom is 0.152 e. The molecule has 0 bridgehead atoms. The van der Waals surface area contributed by atoms with Crippen LogP contribution in [0.4, 0.5) is 0 Å². The molecule has 0 saturated carbocycles. The van der Waals surface area contributed by atoms with E-state index in [0.29, 0.717) is 5.56 Å². The van der Waals surface area contributed by atoms with Gasteiger partial charge in [-0.15, -0.1) is 0 Å². The van der Waals surface area contributed by atoms with Gasteiger partial charge in [0.1, 0.15) is 5.52 Å². The number of rotatable bonds is 1. The minimum absolute atomic E-state index is 0.643. The van der Waals surface area contributed by atoms with E-state index in [9.17, 15) is 4.79 Å². The van der Waals surface area contributed by atoms with E-state index in [4.69, 9.17) is 0 Å². The molecule has 0 saturated heterocycles. The smallest absolute Gasteiger partial charge is 0.152 e. The van der Waals surface area contributed by atoms with Gasteiger partial charge in [-0.1, -0.05) is 6.07 Å². The zero-order valence-corrected chi connectivity index (χ0v) is 7.59. The Morgan fingerprint density at radius 3 is 2.85 bits per heavy atom. The van der Waals surface area contributed by atoms with Gasteiger partial charge < -0.3 is 0 Å². The molecule has 0 radical (unpaired) electrons. The molecule has 0 fully saturated rings. The van der Waals surface area contributed by atoms with Gasteiger partial charge in [-0.2, -0.15) is 5.10 Å². The SMILES string of the molecule is Cc1ccc(C=O)c2n[nH]c(C)c12. The van der Waals surface area contributed by atoms with Crippen molar-refractivity contribution < 1.29 is 4.79 Å². The third kappa shape index (κ3) is 1.04. The van der Waals surface area contributed by atoms with Crippen LogP contribution in [0.25, 0.3) is 10.9 Å². The summed E-state index contributed by atoms with van der Waals surface area (Å²) in [6, 6.07) is 3.74. The number of aromatic amines is 1. The summed E-state index contributed by atoms with van der Waals surface area (Å²) < 4.78 is 0. The number of benzene rings is 1. The van der Waals surface area contributed by atoms with Crippen LogP contribution < -0.4 is 0 Å². The first-order chi connectivity index (χ1) is 6.24. The van der Waals surface area contributed by atoms with Gasteiger partial charge in [0.25, 0.3) is 0 Å². The van der Waals surface area contributed by atoms with Crippen LogP contribution in [0.5, 0.6) is 0 Å². The lowest BCUT2D eigenvalue weighted by Gasteiger charge is -1.97. The molecule has 0 aliphatic rings. The van der Waals surface area contributed by atoms with Crippen molar-refractivity contribution in [3.8, 4) is 0 Å². The van der Waals surface area contributed by atoms with E-state index in [1.54, 1.807) is 6.07 Å². The molecule has 1 N–H and O–H groups in total. The molecule has 66 valence electrons. The van der Waals surface area contributed by atoms with Crippen LogP contribution in [0.15, 0.2) is 12.1 Å². The topological polar surface area (TPSA) is 45.8 Å². The van der Waals surface area contributed by atoms with Crippen molar-refractivity contribution in [2.24, 2.45) is 0 Å². The van der Waals surface area contributed by atoms with Crippen molar-refractivity contribution in [1.82, 2.24) is 10.2 Å². The van der Waals surface area contributed by atoms with Crippen molar-refractivity contribution >= 4 is 17.2 Å². The highest BCUT2D eigenvalue weighted by Crippen LogP contribution is 2.21. The Morgan fingerprint density at radius 1 is 1.38 bits per heavy atom. The van der Waals surface area contributed by atoms with Gasteiger partial charge in [0, 0.05) is 16.6 Å². The number of aromatic nitrogens is 2. The Bertz CT molecular complexity index is 471. The number of carbonyl (C=O) groups is 1. The maximum absolute atomic E-state index is 10.7. The van der Waals surface area contributed by atoms with Crippen LogP contribution >= 0.6 is 0 Å². The standard InChI is InChI=1S/C10H10N2O/c1-6-3-4-8(5-13)10-9(6)7(2)11-12-10/h3-5H,1-2H3,(H,11,12). The summed E-state index contributed by atoms with van der Waals surface area (Å²) in [6.07, 6.45) is 0.835. The van der Waals surface area contributed by atoms with E-state index in [1.165, 1.54) is 0 Å². The summed E-state index contributed by atoms with van der Waals surface area (Å²) in [5, 5.41) is 8.04. The fourth-order valence-electron chi connectivity index (χ4n) is 1.59. The van der Waals surface area contributed by atoms with Crippen LogP contribution in [-0.4, -0.2) is 16.5 Å². The number of hydrogen-bond donors (Lipinski definition) is 1. The van der Waals surface area contributed by atoms with Crippen molar-refractivity contribution in [2.75, 3.05) is 0 Å². The fourth-order valence-corrected chi connectivity index (χ4v) is 1.59. The predicted molar refractivity (Wildman–Crippen MR) is 51.0 cm³/mol. The number of fused-ring (bicyclic) bond motifs is 1. The van der Waals surface area contributed by atoms with Crippen molar-refractivity contribution in [3.05, 3.63) is 29.0 Å². The fraction of sp³-hybridized carbons (Fsp3) is 0.200. The van der Waals surface area contributed by atoms with Gasteiger partial charge in [0.05, 0.1) is 0 Å². The summed E-state index contributed by atoms with van der Waals surface area (Å²) in [7, 11) is 0. The Morgan fingerprint density at radius 2 is 2.15 bits per heavy atom. The average Bonchev–Trinajstić information content (AvgIpc) is 2.50. The molecule has 0 spiro atoms. The van der Waals surface area contributed by atoms with Crippen LogP contribution in [0, 0.1) is 13.8 Å². The van der Waals surface area contributed by atoms with Gasteiger partial charge >= 0.3 is 0 Å². The van der Waals surface area contributed by atoms with Crippen molar-refractivity contribution in [2.45, 2.75) is 13.8 Å². The molecular weight excluding hydrogens is 164 g/mol. The van der Waals surface area contributed by atoms with Gasteiger partial charge in [-0.25, -0.2) is 0 Å². The number of nitrogens with one attached hydrogen (secondary N) is 1. The molecule has 3 heteroatoms. The molecule has 0 amide bonds. The largest absolute Gasteiger partial charge is 0.298 e. The third-order valence-electron chi connectivity index (χ3n) is 2.25. The lowest BCUT2D eigenvalue weighted by molar-refractivity contribution is 0.112. The Balaban J connectivity index is 2.95. The van der Waals surface area contributed by atoms with Crippen molar-refractivity contribution in [1.29, 1.82) is 0 Å². The summed E-state index contributed by atoms with van der Waals surface area (Å²) in [4.78, 5) is 10.7. The molecule has 0 atom stereocenters. The second-order valence-electron chi connectivity index (χ2n) is 3.16. The minimum atomic E-state index is 0.643. The van der Waals surface area contributed by atoms with Crippen LogP contribution in [0.2, 0.25) is 0 Å². The number of aryl methyl sites for hydroxylation is 2. The molecule has 0 aliphatic heterocycles. The highest BCUT2D eigenvalue weighted by atomic mass is 16.1. The first-order valence-corrected chi connectivity index (χ1v) is 4.13. The Hall–Kier alpha value is -1.64. The molecule has 2 rings (SSSR count). The first kappa shape index (κ1) is 7.98. The molecule has 2 aromatic rings. The summed E-state index contributed by atoms with van der Waals surface area (Å²) in [5.41, 5.74) is 3.57. The maximum atomic E-state index is 10.7. The monoisotopic (exact) mass is 174 g/mol. The van der Waals surface area contributed by atoms with Gasteiger partial charge in [-0.05, 0) is 25.5 Å². The van der Waals surface area contributed by atoms with Gasteiger partial charge in [0.2, 0.25) is 0 Å². The van der Waals surface area contributed by atoms with Crippen LogP contribution in [0.1, 0.15) is 21.6 Å².